The van der Waals surface area contributed by atoms with Crippen molar-refractivity contribution in [1.29, 1.82) is 0 Å². The first-order chi connectivity index (χ1) is 9.18. The third-order valence-electron chi connectivity index (χ3n) is 3.55. The van der Waals surface area contributed by atoms with Crippen LogP contribution in [-0.4, -0.2) is 34.9 Å². The molecule has 5 heteroatoms. The standard InChI is InChI=1S/C14H20ClN3O/c1-11-4-2-3-9-18(11)14(19)6-8-17-13-5-7-16-10-12(13)15/h5,7,10-11H,2-4,6,8-9H2,1H3,(H,16,17)/t11-/m0/s1. The minimum absolute atomic E-state index is 0.227. The summed E-state index contributed by atoms with van der Waals surface area (Å²) in [6, 6.07) is 2.20. The van der Waals surface area contributed by atoms with Gasteiger partial charge in [-0.05, 0) is 32.3 Å². The Morgan fingerprint density at radius 3 is 3.16 bits per heavy atom. The highest BCUT2D eigenvalue weighted by atomic mass is 35.5. The molecule has 1 aliphatic heterocycles. The number of carbonyl (C=O) groups excluding carboxylic acids is 1. The summed E-state index contributed by atoms with van der Waals surface area (Å²) in [4.78, 5) is 18.0. The predicted octanol–water partition coefficient (Wildman–Crippen LogP) is 2.94. The molecule has 1 aromatic heterocycles. The Kier molecular flexibility index (Phi) is 5.02. The van der Waals surface area contributed by atoms with Gasteiger partial charge in [-0.15, -0.1) is 0 Å². The fourth-order valence-corrected chi connectivity index (χ4v) is 2.62. The maximum absolute atomic E-state index is 12.1. The first kappa shape index (κ1) is 14.1. The Morgan fingerprint density at radius 1 is 1.58 bits per heavy atom. The molecule has 0 aliphatic carbocycles. The normalized spacial score (nSPS) is 19.3. The van der Waals surface area contributed by atoms with Crippen LogP contribution in [0, 0.1) is 0 Å². The summed E-state index contributed by atoms with van der Waals surface area (Å²) in [6.07, 6.45) is 7.26. The molecule has 1 aromatic rings. The van der Waals surface area contributed by atoms with E-state index < -0.39 is 0 Å². The van der Waals surface area contributed by atoms with Gasteiger partial charge in [-0.3, -0.25) is 9.78 Å². The highest BCUT2D eigenvalue weighted by Gasteiger charge is 2.22. The van der Waals surface area contributed by atoms with E-state index in [1.807, 2.05) is 11.0 Å². The molecule has 1 fully saturated rings. The van der Waals surface area contributed by atoms with Crippen LogP contribution in [0.1, 0.15) is 32.6 Å². The predicted molar refractivity (Wildman–Crippen MR) is 77.4 cm³/mol. The summed E-state index contributed by atoms with van der Waals surface area (Å²) < 4.78 is 0. The summed E-state index contributed by atoms with van der Waals surface area (Å²) in [5, 5.41) is 3.76. The van der Waals surface area contributed by atoms with Crippen molar-refractivity contribution in [3.63, 3.8) is 0 Å². The summed E-state index contributed by atoms with van der Waals surface area (Å²) in [5.74, 6) is 0.227. The second-order valence-electron chi connectivity index (χ2n) is 4.96. The topological polar surface area (TPSA) is 45.2 Å². The summed E-state index contributed by atoms with van der Waals surface area (Å²) in [5.41, 5.74) is 0.830. The zero-order valence-electron chi connectivity index (χ0n) is 11.2. The molecule has 1 aliphatic rings. The molecule has 104 valence electrons. The molecule has 0 unspecified atom stereocenters. The number of amides is 1. The molecule has 1 N–H and O–H groups in total. The van der Waals surface area contributed by atoms with E-state index in [-0.39, 0.29) is 5.91 Å². The largest absolute Gasteiger partial charge is 0.383 e. The van der Waals surface area contributed by atoms with Crippen LogP contribution in [0.5, 0.6) is 0 Å². The van der Waals surface area contributed by atoms with E-state index in [4.69, 9.17) is 11.6 Å². The molecule has 0 saturated carbocycles. The van der Waals surface area contributed by atoms with E-state index in [0.29, 0.717) is 24.0 Å². The van der Waals surface area contributed by atoms with Crippen molar-refractivity contribution in [3.05, 3.63) is 23.5 Å². The Morgan fingerprint density at radius 2 is 2.42 bits per heavy atom. The number of rotatable bonds is 4. The van der Waals surface area contributed by atoms with Crippen LogP contribution >= 0.6 is 11.6 Å². The van der Waals surface area contributed by atoms with Crippen LogP contribution in [0.2, 0.25) is 5.02 Å². The van der Waals surface area contributed by atoms with Crippen LogP contribution in [-0.2, 0) is 4.79 Å². The van der Waals surface area contributed by atoms with Gasteiger partial charge in [-0.25, -0.2) is 0 Å². The number of halogens is 1. The van der Waals surface area contributed by atoms with Crippen LogP contribution < -0.4 is 5.32 Å². The molecule has 0 bridgehead atoms. The maximum atomic E-state index is 12.1. The van der Waals surface area contributed by atoms with Crippen molar-refractivity contribution < 1.29 is 4.79 Å². The van der Waals surface area contributed by atoms with Crippen LogP contribution in [0.4, 0.5) is 5.69 Å². The van der Waals surface area contributed by atoms with Crippen LogP contribution in [0.25, 0.3) is 0 Å². The van der Waals surface area contributed by atoms with E-state index in [2.05, 4.69) is 17.2 Å². The number of aromatic nitrogens is 1. The first-order valence-corrected chi connectivity index (χ1v) is 7.19. The minimum atomic E-state index is 0.227. The number of nitrogens with one attached hydrogen (secondary N) is 1. The van der Waals surface area contributed by atoms with E-state index in [0.717, 1.165) is 25.1 Å². The second-order valence-corrected chi connectivity index (χ2v) is 5.37. The summed E-state index contributed by atoms with van der Waals surface area (Å²) >= 11 is 5.99. The van der Waals surface area contributed by atoms with Crippen molar-refractivity contribution in [2.45, 2.75) is 38.6 Å². The fourth-order valence-electron chi connectivity index (χ4n) is 2.43. The monoisotopic (exact) mass is 281 g/mol. The number of pyridine rings is 1. The van der Waals surface area contributed by atoms with Crippen LogP contribution in [0.3, 0.4) is 0 Å². The van der Waals surface area contributed by atoms with Crippen molar-refractivity contribution in [1.82, 2.24) is 9.88 Å². The van der Waals surface area contributed by atoms with Gasteiger partial charge < -0.3 is 10.2 Å². The third kappa shape index (κ3) is 3.83. The minimum Gasteiger partial charge on any atom is -0.383 e. The average Bonchev–Trinajstić information content (AvgIpc) is 2.41. The molecule has 2 heterocycles. The van der Waals surface area contributed by atoms with Gasteiger partial charge in [0.05, 0.1) is 10.7 Å². The van der Waals surface area contributed by atoms with Gasteiger partial charge in [-0.1, -0.05) is 11.6 Å². The Hall–Kier alpha value is -1.29. The molecule has 1 atom stereocenters. The number of likely N-dealkylation sites (tertiary alicyclic amines) is 1. The lowest BCUT2D eigenvalue weighted by Crippen LogP contribution is -2.42. The van der Waals surface area contributed by atoms with Gasteiger partial charge in [-0.2, -0.15) is 0 Å². The van der Waals surface area contributed by atoms with E-state index in [1.54, 1.807) is 12.4 Å². The lowest BCUT2D eigenvalue weighted by Gasteiger charge is -2.33. The maximum Gasteiger partial charge on any atom is 0.224 e. The average molecular weight is 282 g/mol. The number of hydrogen-bond acceptors (Lipinski definition) is 3. The van der Waals surface area contributed by atoms with Crippen molar-refractivity contribution in [2.24, 2.45) is 0 Å². The number of nitrogens with zero attached hydrogens (tertiary/aromatic N) is 2. The molecule has 0 radical (unpaired) electrons. The molecule has 1 amide bonds. The zero-order valence-corrected chi connectivity index (χ0v) is 12.0. The number of carbonyl (C=O) groups is 1. The van der Waals surface area contributed by atoms with Crippen molar-refractivity contribution >= 4 is 23.2 Å². The molecule has 19 heavy (non-hydrogen) atoms. The van der Waals surface area contributed by atoms with Gasteiger partial charge >= 0.3 is 0 Å². The number of hydrogen-bond donors (Lipinski definition) is 1. The highest BCUT2D eigenvalue weighted by Crippen LogP contribution is 2.20. The summed E-state index contributed by atoms with van der Waals surface area (Å²) in [7, 11) is 0. The molecular weight excluding hydrogens is 262 g/mol. The Bertz CT molecular complexity index is 438. The van der Waals surface area contributed by atoms with Gasteiger partial charge in [0.15, 0.2) is 0 Å². The lowest BCUT2D eigenvalue weighted by molar-refractivity contribution is -0.134. The number of anilines is 1. The van der Waals surface area contributed by atoms with Gasteiger partial charge in [0.25, 0.3) is 0 Å². The molecule has 0 aromatic carbocycles. The summed E-state index contributed by atoms with van der Waals surface area (Å²) in [6.45, 7) is 3.63. The highest BCUT2D eigenvalue weighted by molar-refractivity contribution is 6.33. The third-order valence-corrected chi connectivity index (χ3v) is 3.85. The molecule has 4 nitrogen and oxygen atoms in total. The molecule has 0 spiro atoms. The zero-order chi connectivity index (χ0) is 13.7. The molecule has 1 saturated heterocycles. The second kappa shape index (κ2) is 6.75. The number of piperidine rings is 1. The van der Waals surface area contributed by atoms with E-state index in [1.165, 1.54) is 6.42 Å². The lowest BCUT2D eigenvalue weighted by atomic mass is 10.0. The SMILES string of the molecule is C[C@H]1CCCCN1C(=O)CCNc1ccncc1Cl. The van der Waals surface area contributed by atoms with Crippen molar-refractivity contribution in [2.75, 3.05) is 18.4 Å². The molecule has 2 rings (SSSR count). The van der Waals surface area contributed by atoms with E-state index >= 15 is 0 Å². The molecular formula is C14H20ClN3O. The quantitative estimate of drug-likeness (QED) is 0.923. The fraction of sp³-hybridized carbons (Fsp3) is 0.571. The van der Waals surface area contributed by atoms with Crippen molar-refractivity contribution in [3.8, 4) is 0 Å². The van der Waals surface area contributed by atoms with E-state index in [9.17, 15) is 4.79 Å². The smallest absolute Gasteiger partial charge is 0.224 e. The van der Waals surface area contributed by atoms with Gasteiger partial charge in [0, 0.05) is 37.9 Å². The van der Waals surface area contributed by atoms with Crippen LogP contribution in [0.15, 0.2) is 18.5 Å². The van der Waals surface area contributed by atoms with Gasteiger partial charge in [0.2, 0.25) is 5.91 Å². The van der Waals surface area contributed by atoms with Gasteiger partial charge in [0.1, 0.15) is 0 Å². The Balaban J connectivity index is 1.79. The Labute approximate surface area is 119 Å². The first-order valence-electron chi connectivity index (χ1n) is 6.81.